The molecule has 0 fully saturated rings. The van der Waals surface area contributed by atoms with Crippen LogP contribution in [0.4, 0.5) is 0 Å². The molecule has 0 bridgehead atoms. The van der Waals surface area contributed by atoms with Crippen LogP contribution in [0.25, 0.3) is 11.0 Å². The van der Waals surface area contributed by atoms with E-state index >= 15 is 0 Å². The maximum Gasteiger partial charge on any atom is 0.135 e. The summed E-state index contributed by atoms with van der Waals surface area (Å²) in [4.78, 5) is 4.42. The highest BCUT2D eigenvalue weighted by Gasteiger charge is 2.22. The number of hydrogen-bond donors (Lipinski definition) is 2. The first kappa shape index (κ1) is 17.2. The summed E-state index contributed by atoms with van der Waals surface area (Å²) in [7, 11) is 0. The van der Waals surface area contributed by atoms with E-state index in [0.29, 0.717) is 12.4 Å². The van der Waals surface area contributed by atoms with Crippen LogP contribution in [0.15, 0.2) is 48.5 Å². The van der Waals surface area contributed by atoms with Crippen LogP contribution in [0.2, 0.25) is 0 Å². The first-order chi connectivity index (χ1) is 12.8. The fourth-order valence-electron chi connectivity index (χ4n) is 3.82. The van der Waals surface area contributed by atoms with Gasteiger partial charge in [-0.15, -0.1) is 0 Å². The van der Waals surface area contributed by atoms with Crippen molar-refractivity contribution in [2.45, 2.75) is 44.6 Å². The highest BCUT2D eigenvalue weighted by Crippen LogP contribution is 2.32. The van der Waals surface area contributed by atoms with Gasteiger partial charge in [-0.05, 0) is 42.5 Å². The third-order valence-electron chi connectivity index (χ3n) is 5.07. The van der Waals surface area contributed by atoms with Crippen molar-refractivity contribution in [3.8, 4) is 0 Å². The molecular formula is C21H24N2O3. The van der Waals surface area contributed by atoms with E-state index in [1.54, 1.807) is 0 Å². The molecule has 0 amide bonds. The number of aryl methyl sites for hydroxylation is 1. The monoisotopic (exact) mass is 352 g/mol. The van der Waals surface area contributed by atoms with E-state index in [-0.39, 0.29) is 19.3 Å². The standard InChI is InChI=1S/C21H24N2O3/c24-13-21-22-18-9-3-4-10-19(18)23(21)12-16(25)14-26-20-11-5-7-15-6-1-2-8-17(15)20/h1-4,6,8-10,16,20,24-25H,5,7,11-14H2/t16-,20-/m0/s1. The van der Waals surface area contributed by atoms with E-state index in [0.717, 1.165) is 30.3 Å². The molecule has 4 rings (SSSR count). The number of nitrogens with zero attached hydrogens (tertiary/aromatic N) is 2. The Morgan fingerprint density at radius 1 is 1.15 bits per heavy atom. The molecule has 5 heteroatoms. The number of fused-ring (bicyclic) bond motifs is 2. The van der Waals surface area contributed by atoms with Crippen LogP contribution >= 0.6 is 0 Å². The smallest absolute Gasteiger partial charge is 0.135 e. The van der Waals surface area contributed by atoms with Gasteiger partial charge in [0.05, 0.1) is 36.4 Å². The van der Waals surface area contributed by atoms with Gasteiger partial charge in [-0.1, -0.05) is 36.4 Å². The molecule has 2 atom stereocenters. The summed E-state index contributed by atoms with van der Waals surface area (Å²) in [6.07, 6.45) is 2.58. The number of imidazole rings is 1. The zero-order valence-corrected chi connectivity index (χ0v) is 14.7. The lowest BCUT2D eigenvalue weighted by Crippen LogP contribution is -2.25. The van der Waals surface area contributed by atoms with Gasteiger partial charge in [-0.2, -0.15) is 0 Å². The zero-order chi connectivity index (χ0) is 17.9. The summed E-state index contributed by atoms with van der Waals surface area (Å²) in [5.41, 5.74) is 4.33. The first-order valence-corrected chi connectivity index (χ1v) is 9.18. The Morgan fingerprint density at radius 3 is 2.85 bits per heavy atom. The summed E-state index contributed by atoms with van der Waals surface area (Å²) < 4.78 is 7.93. The van der Waals surface area contributed by atoms with Crippen LogP contribution in [-0.2, 0) is 24.3 Å². The number of benzene rings is 2. The van der Waals surface area contributed by atoms with E-state index in [4.69, 9.17) is 4.74 Å². The van der Waals surface area contributed by atoms with Crippen molar-refractivity contribution in [2.75, 3.05) is 6.61 Å². The minimum absolute atomic E-state index is 0.0476. The summed E-state index contributed by atoms with van der Waals surface area (Å²) in [6, 6.07) is 16.1. The van der Waals surface area contributed by atoms with Gasteiger partial charge in [0.15, 0.2) is 0 Å². The molecule has 0 saturated carbocycles. The van der Waals surface area contributed by atoms with Gasteiger partial charge in [0.25, 0.3) is 0 Å². The number of ether oxygens (including phenoxy) is 1. The van der Waals surface area contributed by atoms with E-state index in [9.17, 15) is 10.2 Å². The molecule has 1 aliphatic carbocycles. The molecule has 3 aromatic rings. The summed E-state index contributed by atoms with van der Waals surface area (Å²) >= 11 is 0. The molecule has 26 heavy (non-hydrogen) atoms. The molecule has 136 valence electrons. The maximum atomic E-state index is 10.5. The van der Waals surface area contributed by atoms with Crippen molar-refractivity contribution < 1.29 is 14.9 Å². The molecule has 1 aliphatic rings. The van der Waals surface area contributed by atoms with Crippen LogP contribution in [0, 0.1) is 0 Å². The Hall–Kier alpha value is -2.21. The van der Waals surface area contributed by atoms with Crippen molar-refractivity contribution in [2.24, 2.45) is 0 Å². The van der Waals surface area contributed by atoms with Crippen molar-refractivity contribution in [1.29, 1.82) is 0 Å². The van der Waals surface area contributed by atoms with Crippen LogP contribution < -0.4 is 0 Å². The fraction of sp³-hybridized carbons (Fsp3) is 0.381. The molecular weight excluding hydrogens is 328 g/mol. The Morgan fingerprint density at radius 2 is 1.96 bits per heavy atom. The van der Waals surface area contributed by atoms with Crippen molar-refractivity contribution >= 4 is 11.0 Å². The van der Waals surface area contributed by atoms with Crippen molar-refractivity contribution in [1.82, 2.24) is 9.55 Å². The average molecular weight is 352 g/mol. The molecule has 2 aromatic carbocycles. The van der Waals surface area contributed by atoms with Gasteiger partial charge in [0, 0.05) is 0 Å². The second-order valence-corrected chi connectivity index (χ2v) is 6.85. The van der Waals surface area contributed by atoms with Crippen LogP contribution in [0.5, 0.6) is 0 Å². The Labute approximate surface area is 152 Å². The molecule has 0 radical (unpaired) electrons. The summed E-state index contributed by atoms with van der Waals surface area (Å²) in [6.45, 7) is 0.458. The molecule has 2 N–H and O–H groups in total. The normalized spacial score (nSPS) is 18.0. The van der Waals surface area contributed by atoms with Crippen molar-refractivity contribution in [3.05, 3.63) is 65.5 Å². The number of rotatable bonds is 6. The lowest BCUT2D eigenvalue weighted by atomic mass is 9.89. The number of aliphatic hydroxyl groups excluding tert-OH is 2. The van der Waals surface area contributed by atoms with Gasteiger partial charge in [-0.25, -0.2) is 4.98 Å². The number of para-hydroxylation sites is 2. The van der Waals surface area contributed by atoms with E-state index in [1.165, 1.54) is 11.1 Å². The van der Waals surface area contributed by atoms with Crippen molar-refractivity contribution in [3.63, 3.8) is 0 Å². The second kappa shape index (κ2) is 7.58. The van der Waals surface area contributed by atoms with Gasteiger partial charge in [0.2, 0.25) is 0 Å². The predicted molar refractivity (Wildman–Crippen MR) is 99.7 cm³/mol. The van der Waals surface area contributed by atoms with Gasteiger partial charge < -0.3 is 19.5 Å². The average Bonchev–Trinajstić information content (AvgIpc) is 3.04. The van der Waals surface area contributed by atoms with Crippen LogP contribution in [-0.4, -0.2) is 32.5 Å². The van der Waals surface area contributed by atoms with Crippen LogP contribution in [0.1, 0.15) is 35.9 Å². The minimum atomic E-state index is -0.660. The van der Waals surface area contributed by atoms with E-state index < -0.39 is 6.10 Å². The second-order valence-electron chi connectivity index (χ2n) is 6.85. The van der Waals surface area contributed by atoms with Crippen LogP contribution in [0.3, 0.4) is 0 Å². The highest BCUT2D eigenvalue weighted by atomic mass is 16.5. The molecule has 1 aromatic heterocycles. The lowest BCUT2D eigenvalue weighted by Gasteiger charge is -2.26. The van der Waals surface area contributed by atoms with Gasteiger partial charge in [-0.3, -0.25) is 0 Å². The molecule has 1 heterocycles. The lowest BCUT2D eigenvalue weighted by molar-refractivity contribution is -0.0226. The molecule has 5 nitrogen and oxygen atoms in total. The largest absolute Gasteiger partial charge is 0.389 e. The van der Waals surface area contributed by atoms with Gasteiger partial charge in [0.1, 0.15) is 12.4 Å². The molecule has 0 unspecified atom stereocenters. The first-order valence-electron chi connectivity index (χ1n) is 9.18. The van der Waals surface area contributed by atoms with E-state index in [1.807, 2.05) is 34.9 Å². The highest BCUT2D eigenvalue weighted by molar-refractivity contribution is 5.75. The molecule has 0 aliphatic heterocycles. The third kappa shape index (κ3) is 3.38. The fourth-order valence-corrected chi connectivity index (χ4v) is 3.82. The number of aliphatic hydroxyl groups is 2. The third-order valence-corrected chi connectivity index (χ3v) is 5.07. The minimum Gasteiger partial charge on any atom is -0.389 e. The Balaban J connectivity index is 1.45. The molecule has 0 saturated heterocycles. The Kier molecular flexibility index (Phi) is 5.02. The summed E-state index contributed by atoms with van der Waals surface area (Å²) in [5.74, 6) is 0.563. The number of hydrogen-bond acceptors (Lipinski definition) is 4. The van der Waals surface area contributed by atoms with E-state index in [2.05, 4.69) is 23.2 Å². The predicted octanol–water partition coefficient (Wildman–Crippen LogP) is 2.98. The maximum absolute atomic E-state index is 10.5. The summed E-state index contributed by atoms with van der Waals surface area (Å²) in [5, 5.41) is 20.1. The molecule has 0 spiro atoms. The number of aromatic nitrogens is 2. The SMILES string of the molecule is OCc1nc2ccccc2n1C[C@H](O)CO[C@H]1CCCc2ccccc21. The topological polar surface area (TPSA) is 67.5 Å². The van der Waals surface area contributed by atoms with Gasteiger partial charge >= 0.3 is 0 Å². The zero-order valence-electron chi connectivity index (χ0n) is 14.7. The Bertz CT molecular complexity index is 890. The quantitative estimate of drug-likeness (QED) is 0.716.